The quantitative estimate of drug-likeness (QED) is 0.513. The van der Waals surface area contributed by atoms with Crippen LogP contribution in [0.1, 0.15) is 36.0 Å². The maximum Gasteiger partial charge on any atom is 0.235 e. The standard InChI is InChI=1S/C18H20O5/c1-21-15-4-2-14(3-5-15)16(19)6-7-17(20)8-10-18(11-9-17)22-12-13-23-18/h2-5,20H,8-13H2,1H3. The summed E-state index contributed by atoms with van der Waals surface area (Å²) < 4.78 is 16.3. The zero-order valence-corrected chi connectivity index (χ0v) is 13.1. The third-order valence-corrected chi connectivity index (χ3v) is 4.41. The fourth-order valence-electron chi connectivity index (χ4n) is 2.94. The molecule has 1 saturated heterocycles. The van der Waals surface area contributed by atoms with Crippen molar-refractivity contribution in [3.63, 3.8) is 0 Å². The summed E-state index contributed by atoms with van der Waals surface area (Å²) >= 11 is 0. The number of rotatable bonds is 2. The highest BCUT2D eigenvalue weighted by Crippen LogP contribution is 2.39. The first-order chi connectivity index (χ1) is 11.0. The fourth-order valence-corrected chi connectivity index (χ4v) is 2.94. The topological polar surface area (TPSA) is 65.0 Å². The van der Waals surface area contributed by atoms with Gasteiger partial charge in [0.25, 0.3) is 0 Å². The zero-order chi connectivity index (χ0) is 16.3. The van der Waals surface area contributed by atoms with Crippen molar-refractivity contribution in [1.29, 1.82) is 0 Å². The largest absolute Gasteiger partial charge is 0.497 e. The van der Waals surface area contributed by atoms with Gasteiger partial charge in [-0.3, -0.25) is 4.79 Å². The van der Waals surface area contributed by atoms with Crippen LogP contribution >= 0.6 is 0 Å². The fraction of sp³-hybridized carbons (Fsp3) is 0.500. The average Bonchev–Trinajstić information content (AvgIpc) is 3.05. The molecule has 0 radical (unpaired) electrons. The molecule has 5 nitrogen and oxygen atoms in total. The Balaban J connectivity index is 1.64. The lowest BCUT2D eigenvalue weighted by Crippen LogP contribution is -2.42. The lowest BCUT2D eigenvalue weighted by atomic mass is 9.81. The van der Waals surface area contributed by atoms with Gasteiger partial charge in [-0.05, 0) is 43.0 Å². The Morgan fingerprint density at radius 1 is 1.13 bits per heavy atom. The van der Waals surface area contributed by atoms with Crippen LogP contribution in [0.2, 0.25) is 0 Å². The van der Waals surface area contributed by atoms with E-state index >= 15 is 0 Å². The number of hydrogen-bond donors (Lipinski definition) is 1. The van der Waals surface area contributed by atoms with Gasteiger partial charge < -0.3 is 19.3 Å². The first-order valence-corrected chi connectivity index (χ1v) is 7.76. The van der Waals surface area contributed by atoms with Gasteiger partial charge in [0.05, 0.1) is 20.3 Å². The number of ether oxygens (including phenoxy) is 3. The summed E-state index contributed by atoms with van der Waals surface area (Å²) in [4.78, 5) is 12.1. The molecule has 1 spiro atoms. The molecule has 5 heteroatoms. The summed E-state index contributed by atoms with van der Waals surface area (Å²) in [6, 6.07) is 6.75. The first-order valence-electron chi connectivity index (χ1n) is 7.76. The molecule has 0 bridgehead atoms. The Morgan fingerprint density at radius 3 is 2.30 bits per heavy atom. The second-order valence-corrected chi connectivity index (χ2v) is 5.95. The highest BCUT2D eigenvalue weighted by Gasteiger charge is 2.44. The lowest BCUT2D eigenvalue weighted by molar-refractivity contribution is -0.195. The number of ketones is 1. The van der Waals surface area contributed by atoms with E-state index in [1.807, 2.05) is 0 Å². The first kappa shape index (κ1) is 16.0. The van der Waals surface area contributed by atoms with E-state index in [4.69, 9.17) is 14.2 Å². The minimum atomic E-state index is -1.15. The Kier molecular flexibility index (Phi) is 4.40. The molecule has 1 heterocycles. The maximum atomic E-state index is 12.1. The van der Waals surface area contributed by atoms with Gasteiger partial charge >= 0.3 is 0 Å². The van der Waals surface area contributed by atoms with Crippen LogP contribution < -0.4 is 4.74 Å². The van der Waals surface area contributed by atoms with E-state index in [2.05, 4.69) is 11.8 Å². The van der Waals surface area contributed by atoms with Gasteiger partial charge in [0.2, 0.25) is 5.78 Å². The predicted molar refractivity (Wildman–Crippen MR) is 83.2 cm³/mol. The van der Waals surface area contributed by atoms with E-state index in [1.54, 1.807) is 31.4 Å². The number of carbonyl (C=O) groups excluding carboxylic acids is 1. The highest BCUT2D eigenvalue weighted by atomic mass is 16.7. The molecule has 1 aliphatic carbocycles. The Morgan fingerprint density at radius 2 is 1.74 bits per heavy atom. The SMILES string of the molecule is COc1ccc(C(=O)C#CC2(O)CCC3(CC2)OCCO3)cc1. The third kappa shape index (κ3) is 3.56. The van der Waals surface area contributed by atoms with Crippen LogP contribution in [0.4, 0.5) is 0 Å². The maximum absolute atomic E-state index is 12.1. The monoisotopic (exact) mass is 316 g/mol. The van der Waals surface area contributed by atoms with Gasteiger partial charge in [0.1, 0.15) is 11.4 Å². The number of hydrogen-bond acceptors (Lipinski definition) is 5. The van der Waals surface area contributed by atoms with E-state index in [9.17, 15) is 9.90 Å². The van der Waals surface area contributed by atoms with Crippen LogP contribution in [0.5, 0.6) is 5.75 Å². The van der Waals surface area contributed by atoms with Gasteiger partial charge in [0.15, 0.2) is 5.79 Å². The Labute approximate surface area is 135 Å². The van der Waals surface area contributed by atoms with Crippen LogP contribution in [-0.4, -0.2) is 42.6 Å². The molecule has 1 N–H and O–H groups in total. The molecule has 0 unspecified atom stereocenters. The molecule has 122 valence electrons. The van der Waals surface area contributed by atoms with E-state index in [0.717, 1.165) is 0 Å². The molecule has 0 aromatic heterocycles. The number of Topliss-reactive ketones (excluding diaryl/α,β-unsaturated/α-hetero) is 1. The Bertz CT molecular complexity index is 622. The number of methoxy groups -OCH3 is 1. The van der Waals surface area contributed by atoms with E-state index in [1.165, 1.54) is 0 Å². The Hall–Kier alpha value is -1.87. The van der Waals surface area contributed by atoms with Crippen molar-refractivity contribution in [1.82, 2.24) is 0 Å². The molecule has 3 rings (SSSR count). The molecule has 2 aliphatic rings. The van der Waals surface area contributed by atoms with E-state index < -0.39 is 11.4 Å². The third-order valence-electron chi connectivity index (χ3n) is 4.41. The minimum absolute atomic E-state index is 0.310. The number of benzene rings is 1. The van der Waals surface area contributed by atoms with Crippen LogP contribution in [0.25, 0.3) is 0 Å². The number of aliphatic hydroxyl groups is 1. The summed E-state index contributed by atoms with van der Waals surface area (Å²) in [6.07, 6.45) is 2.07. The van der Waals surface area contributed by atoms with Gasteiger partial charge in [-0.2, -0.15) is 0 Å². The predicted octanol–water partition coefficient (Wildman–Crippen LogP) is 1.93. The van der Waals surface area contributed by atoms with Crippen molar-refractivity contribution in [3.05, 3.63) is 29.8 Å². The summed E-state index contributed by atoms with van der Waals surface area (Å²) in [5, 5.41) is 10.5. The second kappa shape index (κ2) is 6.32. The zero-order valence-electron chi connectivity index (χ0n) is 13.1. The lowest BCUT2D eigenvalue weighted by Gasteiger charge is -2.37. The molecular weight excluding hydrogens is 296 g/mol. The van der Waals surface area contributed by atoms with Crippen molar-refractivity contribution in [2.24, 2.45) is 0 Å². The van der Waals surface area contributed by atoms with Gasteiger partial charge in [0, 0.05) is 18.4 Å². The van der Waals surface area contributed by atoms with Crippen molar-refractivity contribution in [2.45, 2.75) is 37.1 Å². The smallest absolute Gasteiger partial charge is 0.235 e. The van der Waals surface area contributed by atoms with Crippen LogP contribution in [0.3, 0.4) is 0 Å². The average molecular weight is 316 g/mol. The molecule has 1 saturated carbocycles. The molecule has 2 fully saturated rings. The molecule has 1 aliphatic heterocycles. The van der Waals surface area contributed by atoms with Crippen LogP contribution in [0.15, 0.2) is 24.3 Å². The van der Waals surface area contributed by atoms with Gasteiger partial charge in [-0.15, -0.1) is 0 Å². The number of carbonyl (C=O) groups is 1. The minimum Gasteiger partial charge on any atom is -0.497 e. The second-order valence-electron chi connectivity index (χ2n) is 5.95. The normalized spacial score (nSPS) is 21.5. The van der Waals surface area contributed by atoms with Crippen molar-refractivity contribution in [3.8, 4) is 17.6 Å². The van der Waals surface area contributed by atoms with E-state index in [0.29, 0.717) is 50.2 Å². The van der Waals surface area contributed by atoms with Crippen LogP contribution in [0, 0.1) is 11.8 Å². The van der Waals surface area contributed by atoms with Crippen molar-refractivity contribution < 1.29 is 24.1 Å². The van der Waals surface area contributed by atoms with Crippen molar-refractivity contribution >= 4 is 5.78 Å². The summed E-state index contributed by atoms with van der Waals surface area (Å²) in [7, 11) is 1.57. The van der Waals surface area contributed by atoms with E-state index in [-0.39, 0.29) is 5.78 Å². The molecule has 0 atom stereocenters. The van der Waals surface area contributed by atoms with Crippen LogP contribution in [-0.2, 0) is 9.47 Å². The van der Waals surface area contributed by atoms with Gasteiger partial charge in [-0.25, -0.2) is 0 Å². The van der Waals surface area contributed by atoms with Gasteiger partial charge in [-0.1, -0.05) is 5.92 Å². The molecule has 1 aromatic rings. The summed E-state index contributed by atoms with van der Waals surface area (Å²) in [5.41, 5.74) is -0.667. The highest BCUT2D eigenvalue weighted by molar-refractivity contribution is 6.09. The molecule has 0 amide bonds. The van der Waals surface area contributed by atoms with Crippen molar-refractivity contribution in [2.75, 3.05) is 20.3 Å². The summed E-state index contributed by atoms with van der Waals surface area (Å²) in [6.45, 7) is 1.19. The molecule has 1 aromatic carbocycles. The molecule has 23 heavy (non-hydrogen) atoms. The molecular formula is C18H20O5. The summed E-state index contributed by atoms with van der Waals surface area (Å²) in [5.74, 6) is 5.13.